The molecule has 0 aromatic carbocycles. The number of aryl methyl sites for hydroxylation is 1. The monoisotopic (exact) mass is 323 g/mol. The highest BCUT2D eigenvalue weighted by atomic mass is 35.5. The van der Waals surface area contributed by atoms with Crippen LogP contribution in [0.2, 0.25) is 5.15 Å². The first-order valence-corrected chi connectivity index (χ1v) is 8.21. The van der Waals surface area contributed by atoms with Gasteiger partial charge >= 0.3 is 0 Å². The molecule has 1 aromatic rings. The highest BCUT2D eigenvalue weighted by molar-refractivity contribution is 6.29. The third-order valence-electron chi connectivity index (χ3n) is 4.28. The number of anilines is 1. The first-order chi connectivity index (χ1) is 10.5. The Morgan fingerprint density at radius 2 is 2.00 bits per heavy atom. The van der Waals surface area contributed by atoms with Gasteiger partial charge in [0.2, 0.25) is 5.91 Å². The van der Waals surface area contributed by atoms with E-state index in [4.69, 9.17) is 11.6 Å². The summed E-state index contributed by atoms with van der Waals surface area (Å²) in [6.07, 6.45) is 2.25. The molecule has 7 heteroatoms. The Labute approximate surface area is 135 Å². The lowest BCUT2D eigenvalue weighted by Gasteiger charge is -2.38. The van der Waals surface area contributed by atoms with Gasteiger partial charge in [0.25, 0.3) is 0 Å². The van der Waals surface area contributed by atoms with Crippen LogP contribution in [0.25, 0.3) is 0 Å². The number of aromatic nitrogens is 2. The second-order valence-corrected chi connectivity index (χ2v) is 6.47. The number of amides is 1. The highest BCUT2D eigenvalue weighted by Crippen LogP contribution is 2.20. The minimum atomic E-state index is -0.0709. The van der Waals surface area contributed by atoms with Crippen molar-refractivity contribution < 1.29 is 4.79 Å². The molecule has 0 bridgehead atoms. The van der Waals surface area contributed by atoms with Crippen molar-refractivity contribution in [2.45, 2.75) is 38.8 Å². The SMILES string of the molecule is Cc1nc(Cl)cc(N2CCN(C(C)C(=O)NC3CC3)CC2)n1. The third kappa shape index (κ3) is 3.67. The smallest absolute Gasteiger partial charge is 0.237 e. The fourth-order valence-electron chi connectivity index (χ4n) is 2.73. The average molecular weight is 324 g/mol. The molecule has 1 unspecified atom stereocenters. The van der Waals surface area contributed by atoms with Gasteiger partial charge in [0.05, 0.1) is 6.04 Å². The van der Waals surface area contributed by atoms with Gasteiger partial charge in [-0.15, -0.1) is 0 Å². The van der Waals surface area contributed by atoms with Crippen LogP contribution in [0, 0.1) is 6.92 Å². The minimum Gasteiger partial charge on any atom is -0.354 e. The number of rotatable bonds is 4. The summed E-state index contributed by atoms with van der Waals surface area (Å²) in [4.78, 5) is 25.1. The first kappa shape index (κ1) is 15.5. The summed E-state index contributed by atoms with van der Waals surface area (Å²) < 4.78 is 0. The van der Waals surface area contributed by atoms with Crippen molar-refractivity contribution in [1.82, 2.24) is 20.2 Å². The lowest BCUT2D eigenvalue weighted by Crippen LogP contribution is -2.54. The molecule has 22 heavy (non-hydrogen) atoms. The molecule has 1 aliphatic heterocycles. The van der Waals surface area contributed by atoms with Crippen molar-refractivity contribution in [1.29, 1.82) is 0 Å². The van der Waals surface area contributed by atoms with E-state index in [9.17, 15) is 4.79 Å². The second-order valence-electron chi connectivity index (χ2n) is 6.08. The summed E-state index contributed by atoms with van der Waals surface area (Å²) in [6, 6.07) is 2.15. The van der Waals surface area contributed by atoms with E-state index in [0.29, 0.717) is 17.0 Å². The van der Waals surface area contributed by atoms with Crippen molar-refractivity contribution in [3.05, 3.63) is 17.0 Å². The zero-order valence-corrected chi connectivity index (χ0v) is 13.8. The number of carbonyl (C=O) groups excluding carboxylic acids is 1. The van der Waals surface area contributed by atoms with Crippen LogP contribution in [0.15, 0.2) is 6.07 Å². The number of nitrogens with one attached hydrogen (secondary N) is 1. The summed E-state index contributed by atoms with van der Waals surface area (Å²) in [7, 11) is 0. The fraction of sp³-hybridized carbons (Fsp3) is 0.667. The van der Waals surface area contributed by atoms with Gasteiger partial charge in [-0.1, -0.05) is 11.6 Å². The third-order valence-corrected chi connectivity index (χ3v) is 4.48. The fourth-order valence-corrected chi connectivity index (χ4v) is 2.95. The van der Waals surface area contributed by atoms with Gasteiger partial charge in [-0.05, 0) is 26.7 Å². The normalized spacial score (nSPS) is 20.8. The Kier molecular flexibility index (Phi) is 4.49. The Morgan fingerprint density at radius 1 is 1.32 bits per heavy atom. The van der Waals surface area contributed by atoms with E-state index in [2.05, 4.69) is 25.1 Å². The van der Waals surface area contributed by atoms with Gasteiger partial charge in [0.1, 0.15) is 16.8 Å². The van der Waals surface area contributed by atoms with Crippen LogP contribution in [0.3, 0.4) is 0 Å². The summed E-state index contributed by atoms with van der Waals surface area (Å²) in [5, 5.41) is 3.55. The van der Waals surface area contributed by atoms with Crippen LogP contribution < -0.4 is 10.2 Å². The lowest BCUT2D eigenvalue weighted by molar-refractivity contribution is -0.126. The largest absolute Gasteiger partial charge is 0.354 e. The molecule has 1 atom stereocenters. The maximum Gasteiger partial charge on any atom is 0.237 e. The molecule has 2 fully saturated rings. The van der Waals surface area contributed by atoms with Crippen molar-refractivity contribution in [3.8, 4) is 0 Å². The molecule has 1 saturated heterocycles. The van der Waals surface area contributed by atoms with Crippen LogP contribution in [0.4, 0.5) is 5.82 Å². The Balaban J connectivity index is 1.56. The number of piperazine rings is 1. The van der Waals surface area contributed by atoms with Gasteiger partial charge in [-0.3, -0.25) is 9.69 Å². The van der Waals surface area contributed by atoms with Crippen LogP contribution in [-0.2, 0) is 4.79 Å². The predicted molar refractivity (Wildman–Crippen MR) is 86.2 cm³/mol. The molecule has 1 amide bonds. The summed E-state index contributed by atoms with van der Waals surface area (Å²) in [6.45, 7) is 7.20. The van der Waals surface area contributed by atoms with Crippen LogP contribution in [0.5, 0.6) is 0 Å². The zero-order chi connectivity index (χ0) is 15.7. The molecule has 1 aromatic heterocycles. The molecule has 0 radical (unpaired) electrons. The van der Waals surface area contributed by atoms with Crippen molar-refractivity contribution in [3.63, 3.8) is 0 Å². The lowest BCUT2D eigenvalue weighted by atomic mass is 10.2. The van der Waals surface area contributed by atoms with Gasteiger partial charge in [0, 0.05) is 38.3 Å². The molecular weight excluding hydrogens is 302 g/mol. The number of halogens is 1. The van der Waals surface area contributed by atoms with Crippen molar-refractivity contribution in [2.24, 2.45) is 0 Å². The Bertz CT molecular complexity index is 535. The molecule has 0 spiro atoms. The number of hydrogen-bond acceptors (Lipinski definition) is 5. The first-order valence-electron chi connectivity index (χ1n) is 7.83. The summed E-state index contributed by atoms with van der Waals surface area (Å²) >= 11 is 6.00. The molecule has 6 nitrogen and oxygen atoms in total. The molecule has 3 rings (SSSR count). The quantitative estimate of drug-likeness (QED) is 0.844. The van der Waals surface area contributed by atoms with Crippen LogP contribution in [0.1, 0.15) is 25.6 Å². The van der Waals surface area contributed by atoms with E-state index in [1.165, 1.54) is 0 Å². The molecule has 2 aliphatic rings. The van der Waals surface area contributed by atoms with E-state index in [0.717, 1.165) is 44.8 Å². The van der Waals surface area contributed by atoms with E-state index < -0.39 is 0 Å². The minimum absolute atomic E-state index is 0.0709. The molecule has 120 valence electrons. The molecule has 1 aliphatic carbocycles. The molecule has 1 saturated carbocycles. The summed E-state index contributed by atoms with van der Waals surface area (Å²) in [5.41, 5.74) is 0. The van der Waals surface area contributed by atoms with E-state index in [1.54, 1.807) is 6.07 Å². The number of hydrogen-bond donors (Lipinski definition) is 1. The van der Waals surface area contributed by atoms with Gasteiger partial charge < -0.3 is 10.2 Å². The maximum atomic E-state index is 12.1. The second kappa shape index (κ2) is 6.38. The van der Waals surface area contributed by atoms with Crippen LogP contribution in [-0.4, -0.2) is 59.0 Å². The van der Waals surface area contributed by atoms with Crippen LogP contribution >= 0.6 is 11.6 Å². The predicted octanol–water partition coefficient (Wildman–Crippen LogP) is 1.23. The maximum absolute atomic E-state index is 12.1. The molecule has 2 heterocycles. The van der Waals surface area contributed by atoms with E-state index in [-0.39, 0.29) is 11.9 Å². The number of nitrogens with zero attached hydrogens (tertiary/aromatic N) is 4. The van der Waals surface area contributed by atoms with Gasteiger partial charge in [-0.2, -0.15) is 0 Å². The number of carbonyl (C=O) groups is 1. The van der Waals surface area contributed by atoms with E-state index in [1.807, 2.05) is 13.8 Å². The standard InChI is InChI=1S/C15H22ClN5O/c1-10(15(22)19-12-3-4-12)20-5-7-21(8-6-20)14-9-13(16)17-11(2)18-14/h9-10,12H,3-8H2,1-2H3,(H,19,22). The van der Waals surface area contributed by atoms with Gasteiger partial charge in [-0.25, -0.2) is 9.97 Å². The Morgan fingerprint density at radius 3 is 2.59 bits per heavy atom. The Hall–Kier alpha value is -1.40. The highest BCUT2D eigenvalue weighted by Gasteiger charge is 2.30. The van der Waals surface area contributed by atoms with Crippen molar-refractivity contribution >= 4 is 23.3 Å². The van der Waals surface area contributed by atoms with Crippen molar-refractivity contribution in [2.75, 3.05) is 31.1 Å². The average Bonchev–Trinajstić information content (AvgIpc) is 3.29. The van der Waals surface area contributed by atoms with E-state index >= 15 is 0 Å². The molecular formula is C15H22ClN5O. The molecule has 1 N–H and O–H groups in total. The van der Waals surface area contributed by atoms with Gasteiger partial charge in [0.15, 0.2) is 0 Å². The zero-order valence-electron chi connectivity index (χ0n) is 13.0. The topological polar surface area (TPSA) is 61.4 Å². The summed E-state index contributed by atoms with van der Waals surface area (Å²) in [5.74, 6) is 1.70.